The molecule has 1 saturated carbocycles. The Hall–Kier alpha value is -2.64. The Labute approximate surface area is 177 Å². The number of nitrogens with zero attached hydrogens (tertiary/aromatic N) is 4. The van der Waals surface area contributed by atoms with Gasteiger partial charge in [-0.3, -0.25) is 19.4 Å². The van der Waals surface area contributed by atoms with Crippen LogP contribution in [0, 0.1) is 11.8 Å². The molecule has 1 N–H and O–H groups in total. The van der Waals surface area contributed by atoms with Gasteiger partial charge in [0.05, 0.1) is 5.92 Å². The first kappa shape index (κ1) is 20.6. The predicted octanol–water partition coefficient (Wildman–Crippen LogP) is 0.884. The van der Waals surface area contributed by atoms with Crippen molar-refractivity contribution in [1.29, 1.82) is 0 Å². The second-order valence-electron chi connectivity index (χ2n) is 8.78. The van der Waals surface area contributed by atoms with Crippen molar-refractivity contribution < 1.29 is 14.4 Å². The molecule has 2 atom stereocenters. The van der Waals surface area contributed by atoms with Gasteiger partial charge in [0, 0.05) is 63.4 Å². The summed E-state index contributed by atoms with van der Waals surface area (Å²) in [6.07, 6.45) is 7.33. The third-order valence-electron chi connectivity index (χ3n) is 6.42. The van der Waals surface area contributed by atoms with Gasteiger partial charge in [-0.25, -0.2) is 0 Å². The number of amides is 3. The van der Waals surface area contributed by atoms with E-state index in [1.54, 1.807) is 17.3 Å². The van der Waals surface area contributed by atoms with Crippen molar-refractivity contribution in [2.75, 3.05) is 44.2 Å². The Morgan fingerprint density at radius 3 is 2.57 bits per heavy atom. The van der Waals surface area contributed by atoms with Gasteiger partial charge in [-0.1, -0.05) is 0 Å². The van der Waals surface area contributed by atoms with Crippen LogP contribution in [0.5, 0.6) is 0 Å². The molecule has 3 amide bonds. The Bertz CT molecular complexity index is 782. The Kier molecular flexibility index (Phi) is 6.20. The van der Waals surface area contributed by atoms with E-state index in [4.69, 9.17) is 0 Å². The lowest BCUT2D eigenvalue weighted by Gasteiger charge is -2.29. The third kappa shape index (κ3) is 4.74. The van der Waals surface area contributed by atoms with Crippen molar-refractivity contribution in [2.24, 2.45) is 11.8 Å². The molecule has 3 heterocycles. The molecule has 162 valence electrons. The minimum Gasteiger partial charge on any atom is -0.371 e. The molecule has 2 unspecified atom stereocenters. The molecule has 0 radical (unpaired) electrons. The van der Waals surface area contributed by atoms with Crippen molar-refractivity contribution in [1.82, 2.24) is 20.1 Å². The fourth-order valence-corrected chi connectivity index (χ4v) is 4.44. The molecule has 4 rings (SSSR count). The number of aromatic nitrogens is 1. The summed E-state index contributed by atoms with van der Waals surface area (Å²) in [5, 5.41) is 2.76. The Balaban J connectivity index is 1.32. The van der Waals surface area contributed by atoms with E-state index in [0.29, 0.717) is 45.1 Å². The lowest BCUT2D eigenvalue weighted by Crippen LogP contribution is -2.50. The number of rotatable bonds is 4. The molecule has 1 aromatic rings. The lowest BCUT2D eigenvalue weighted by molar-refractivity contribution is -0.147. The van der Waals surface area contributed by atoms with E-state index in [2.05, 4.69) is 15.2 Å². The SMILES string of the molecule is CC1CN(C(=O)C2CCN(c3ccncc3)C2)CCCN1C(=O)C(=O)NCC1CC1. The number of carbonyl (C=O) groups excluding carboxylic acids is 3. The molecule has 3 aliphatic rings. The smallest absolute Gasteiger partial charge is 0.312 e. The van der Waals surface area contributed by atoms with E-state index < -0.39 is 11.8 Å². The molecule has 1 aromatic heterocycles. The molecule has 2 saturated heterocycles. The van der Waals surface area contributed by atoms with Gasteiger partial charge in [0.2, 0.25) is 5.91 Å². The van der Waals surface area contributed by atoms with Gasteiger partial charge in [-0.05, 0) is 50.7 Å². The van der Waals surface area contributed by atoms with Crippen LogP contribution in [0.4, 0.5) is 5.69 Å². The number of carbonyl (C=O) groups is 3. The average Bonchev–Trinajstić information content (AvgIpc) is 3.50. The van der Waals surface area contributed by atoms with Gasteiger partial charge in [-0.15, -0.1) is 0 Å². The molecule has 0 bridgehead atoms. The summed E-state index contributed by atoms with van der Waals surface area (Å²) < 4.78 is 0. The molecule has 8 heteroatoms. The number of anilines is 1. The monoisotopic (exact) mass is 413 g/mol. The van der Waals surface area contributed by atoms with E-state index in [0.717, 1.165) is 31.5 Å². The van der Waals surface area contributed by atoms with Crippen molar-refractivity contribution >= 4 is 23.4 Å². The predicted molar refractivity (Wildman–Crippen MR) is 113 cm³/mol. The van der Waals surface area contributed by atoms with Crippen LogP contribution in [0.25, 0.3) is 0 Å². The zero-order valence-electron chi connectivity index (χ0n) is 17.6. The Morgan fingerprint density at radius 2 is 1.83 bits per heavy atom. The standard InChI is InChI=1S/C22H31N5O3/c1-16-14-26(10-2-11-27(16)22(30)20(28)24-13-17-3-4-17)21(29)18-7-12-25(15-18)19-5-8-23-9-6-19/h5-6,8-9,16-18H,2-4,7,10-15H2,1H3,(H,24,28). The van der Waals surface area contributed by atoms with Gasteiger partial charge in [0.15, 0.2) is 0 Å². The second kappa shape index (κ2) is 9.02. The van der Waals surface area contributed by atoms with Crippen LogP contribution in [0.1, 0.15) is 32.6 Å². The van der Waals surface area contributed by atoms with E-state index in [1.807, 2.05) is 24.0 Å². The number of hydrogen-bond donors (Lipinski definition) is 1. The molecule has 2 aliphatic heterocycles. The maximum absolute atomic E-state index is 13.2. The maximum Gasteiger partial charge on any atom is 0.312 e. The van der Waals surface area contributed by atoms with Crippen molar-refractivity contribution in [3.05, 3.63) is 24.5 Å². The van der Waals surface area contributed by atoms with Gasteiger partial charge in [0.25, 0.3) is 0 Å². The second-order valence-corrected chi connectivity index (χ2v) is 8.78. The highest BCUT2D eigenvalue weighted by atomic mass is 16.2. The van der Waals surface area contributed by atoms with Crippen LogP contribution in [0.15, 0.2) is 24.5 Å². The zero-order valence-corrected chi connectivity index (χ0v) is 17.6. The van der Waals surface area contributed by atoms with Crippen molar-refractivity contribution in [3.63, 3.8) is 0 Å². The zero-order chi connectivity index (χ0) is 21.1. The highest BCUT2D eigenvalue weighted by molar-refractivity contribution is 6.35. The van der Waals surface area contributed by atoms with E-state index in [1.165, 1.54) is 0 Å². The lowest BCUT2D eigenvalue weighted by atomic mass is 10.1. The molecular weight excluding hydrogens is 382 g/mol. The molecular formula is C22H31N5O3. The van der Waals surface area contributed by atoms with Gasteiger partial charge in [0.1, 0.15) is 0 Å². The quantitative estimate of drug-likeness (QED) is 0.741. The van der Waals surface area contributed by atoms with Gasteiger partial charge < -0.3 is 20.0 Å². The van der Waals surface area contributed by atoms with E-state index in [-0.39, 0.29) is 17.9 Å². The molecule has 30 heavy (non-hydrogen) atoms. The topological polar surface area (TPSA) is 85.9 Å². The molecule has 8 nitrogen and oxygen atoms in total. The van der Waals surface area contributed by atoms with Crippen molar-refractivity contribution in [3.8, 4) is 0 Å². The highest BCUT2D eigenvalue weighted by Gasteiger charge is 2.36. The van der Waals surface area contributed by atoms with Crippen molar-refractivity contribution in [2.45, 2.75) is 38.6 Å². The molecule has 1 aliphatic carbocycles. The van der Waals surface area contributed by atoms with E-state index >= 15 is 0 Å². The van der Waals surface area contributed by atoms with Crippen LogP contribution < -0.4 is 10.2 Å². The van der Waals surface area contributed by atoms with Gasteiger partial charge in [-0.2, -0.15) is 0 Å². The molecule has 0 aromatic carbocycles. The number of nitrogens with one attached hydrogen (secondary N) is 1. The van der Waals surface area contributed by atoms with Crippen LogP contribution in [-0.2, 0) is 14.4 Å². The van der Waals surface area contributed by atoms with Gasteiger partial charge >= 0.3 is 11.8 Å². The maximum atomic E-state index is 13.2. The van der Waals surface area contributed by atoms with E-state index in [9.17, 15) is 14.4 Å². The molecule has 0 spiro atoms. The minimum absolute atomic E-state index is 0.0329. The molecule has 3 fully saturated rings. The first-order valence-electron chi connectivity index (χ1n) is 11.1. The van der Waals surface area contributed by atoms with Crippen LogP contribution in [-0.4, -0.2) is 77.8 Å². The summed E-state index contributed by atoms with van der Waals surface area (Å²) in [6.45, 7) is 5.70. The summed E-state index contributed by atoms with van der Waals surface area (Å²) in [7, 11) is 0. The normalized spacial score (nSPS) is 24.5. The highest BCUT2D eigenvalue weighted by Crippen LogP contribution is 2.28. The fourth-order valence-electron chi connectivity index (χ4n) is 4.44. The largest absolute Gasteiger partial charge is 0.371 e. The Morgan fingerprint density at radius 1 is 1.07 bits per heavy atom. The number of hydrogen-bond acceptors (Lipinski definition) is 5. The number of pyridine rings is 1. The minimum atomic E-state index is -0.516. The average molecular weight is 414 g/mol. The van der Waals surface area contributed by atoms with Crippen LogP contribution >= 0.6 is 0 Å². The first-order chi connectivity index (χ1) is 14.5. The summed E-state index contributed by atoms with van der Waals surface area (Å²) in [5.74, 6) is -0.325. The first-order valence-corrected chi connectivity index (χ1v) is 11.1. The summed E-state index contributed by atoms with van der Waals surface area (Å²) in [6, 6.07) is 3.77. The third-order valence-corrected chi connectivity index (χ3v) is 6.42. The summed E-state index contributed by atoms with van der Waals surface area (Å²) in [5.41, 5.74) is 1.10. The van der Waals surface area contributed by atoms with Crippen LogP contribution in [0.2, 0.25) is 0 Å². The summed E-state index contributed by atoms with van der Waals surface area (Å²) in [4.78, 5) is 47.8. The summed E-state index contributed by atoms with van der Waals surface area (Å²) >= 11 is 0. The van der Waals surface area contributed by atoms with Crippen LogP contribution in [0.3, 0.4) is 0 Å². The fraction of sp³-hybridized carbons (Fsp3) is 0.636.